The number of hydrogen-bond donors (Lipinski definition) is 3. The summed E-state index contributed by atoms with van der Waals surface area (Å²) in [6.45, 7) is 0. The fourth-order valence-corrected chi connectivity index (χ4v) is 4.02. The molecule has 4 aromatic carbocycles. The van der Waals surface area contributed by atoms with Crippen LogP contribution >= 0.6 is 12.0 Å². The summed E-state index contributed by atoms with van der Waals surface area (Å²) < 4.78 is 36.6. The molecule has 0 radical (unpaired) electrons. The Morgan fingerprint density at radius 1 is 0.771 bits per heavy atom. The Morgan fingerprint density at radius 2 is 1.37 bits per heavy atom. The molecule has 0 unspecified atom stereocenters. The molecule has 0 aromatic heterocycles. The number of phenols is 1. The average Bonchev–Trinajstić information content (AvgIpc) is 2.86. The van der Waals surface area contributed by atoms with E-state index < -0.39 is 10.1 Å². The molecule has 13 heteroatoms. The third-order valence-corrected chi connectivity index (χ3v) is 6.10. The number of azo groups is 2. The minimum absolute atomic E-state index is 0.0213. The lowest BCUT2D eigenvalue weighted by Crippen LogP contribution is -1.97. The number of nitrogens with zero attached hydrogens (tertiary/aromatic N) is 4. The van der Waals surface area contributed by atoms with Gasteiger partial charge in [-0.3, -0.25) is 4.55 Å². The fourth-order valence-electron chi connectivity index (χ4n) is 3.01. The Balaban J connectivity index is 1.64. The molecular weight excluding hydrogens is 496 g/mol. The lowest BCUT2D eigenvalue weighted by molar-refractivity contribution is -0.432. The third kappa shape index (κ3) is 6.05. The lowest BCUT2D eigenvalue weighted by atomic mass is 10.1. The van der Waals surface area contributed by atoms with E-state index in [0.717, 1.165) is 12.1 Å². The predicted molar refractivity (Wildman–Crippen MR) is 127 cm³/mol. The molecule has 0 aliphatic carbocycles. The number of phenolic OH excluding ortho intramolecular Hbond substituents is 1. The summed E-state index contributed by atoms with van der Waals surface area (Å²) in [6, 6.07) is 21.0. The second-order valence-corrected chi connectivity index (χ2v) is 9.07. The first-order valence-corrected chi connectivity index (χ1v) is 11.9. The molecule has 0 spiro atoms. The minimum Gasteiger partial charge on any atom is -0.505 e. The number of benzene rings is 4. The van der Waals surface area contributed by atoms with Crippen molar-refractivity contribution >= 4 is 55.7 Å². The summed E-state index contributed by atoms with van der Waals surface area (Å²) in [4.78, 5) is -0.216. The van der Waals surface area contributed by atoms with Crippen molar-refractivity contribution in [3.05, 3.63) is 78.9 Å². The van der Waals surface area contributed by atoms with Crippen LogP contribution in [0.2, 0.25) is 0 Å². The van der Waals surface area contributed by atoms with Crippen molar-refractivity contribution in [3.8, 4) is 5.75 Å². The molecule has 0 fully saturated rings. The predicted octanol–water partition coefficient (Wildman–Crippen LogP) is 7.05. The number of fused-ring (bicyclic) bond motifs is 1. The maximum Gasteiger partial charge on any atom is 0.294 e. The summed E-state index contributed by atoms with van der Waals surface area (Å²) in [7, 11) is -4.46. The van der Waals surface area contributed by atoms with E-state index in [1.165, 1.54) is 12.1 Å². The Morgan fingerprint density at radius 3 is 1.97 bits per heavy atom. The smallest absolute Gasteiger partial charge is 0.294 e. The molecule has 178 valence electrons. The highest BCUT2D eigenvalue weighted by atomic mass is 32.2. The van der Waals surface area contributed by atoms with Gasteiger partial charge in [-0.1, -0.05) is 23.2 Å². The molecule has 11 nitrogen and oxygen atoms in total. The summed E-state index contributed by atoms with van der Waals surface area (Å²) in [5.74, 6) is -0.328. The van der Waals surface area contributed by atoms with Crippen LogP contribution in [0, 0.1) is 0 Å². The van der Waals surface area contributed by atoms with Gasteiger partial charge in [-0.25, -0.2) is 5.26 Å². The van der Waals surface area contributed by atoms with Gasteiger partial charge in [0.05, 0.1) is 38.9 Å². The molecule has 0 amide bonds. The molecule has 35 heavy (non-hydrogen) atoms. The molecule has 3 N–H and O–H groups in total. The van der Waals surface area contributed by atoms with Crippen LogP contribution in [0.1, 0.15) is 0 Å². The lowest BCUT2D eigenvalue weighted by Gasteiger charge is -2.09. The third-order valence-electron chi connectivity index (χ3n) is 4.63. The zero-order valence-corrected chi connectivity index (χ0v) is 19.2. The molecular formula is C22H16N4O7S2. The number of hydrogen-bond acceptors (Lipinski definition) is 11. The van der Waals surface area contributed by atoms with Crippen LogP contribution < -0.4 is 0 Å². The van der Waals surface area contributed by atoms with E-state index in [1.54, 1.807) is 24.3 Å². The number of rotatable bonds is 8. The largest absolute Gasteiger partial charge is 0.505 e. The van der Waals surface area contributed by atoms with Crippen LogP contribution in [-0.2, 0) is 19.5 Å². The molecule has 0 heterocycles. The Bertz CT molecular complexity index is 1510. The number of aromatic hydroxyl groups is 1. The van der Waals surface area contributed by atoms with E-state index >= 15 is 0 Å². The van der Waals surface area contributed by atoms with Gasteiger partial charge >= 0.3 is 0 Å². The van der Waals surface area contributed by atoms with E-state index in [9.17, 15) is 18.1 Å². The van der Waals surface area contributed by atoms with E-state index in [2.05, 4.69) is 29.8 Å². The molecule has 0 atom stereocenters. The molecule has 0 aliphatic heterocycles. The van der Waals surface area contributed by atoms with E-state index in [4.69, 9.17) is 5.26 Å². The van der Waals surface area contributed by atoms with E-state index in [1.807, 2.05) is 30.3 Å². The molecule has 0 bridgehead atoms. The maximum absolute atomic E-state index is 11.4. The van der Waals surface area contributed by atoms with Gasteiger partial charge in [-0.15, -0.1) is 9.45 Å². The Hall–Kier alpha value is -3.72. The van der Waals surface area contributed by atoms with Gasteiger partial charge in [-0.05, 0) is 66.0 Å². The first kappa shape index (κ1) is 24.4. The Labute approximate surface area is 203 Å². The summed E-state index contributed by atoms with van der Waals surface area (Å²) in [6.07, 6.45) is 0. The van der Waals surface area contributed by atoms with Crippen molar-refractivity contribution in [2.24, 2.45) is 20.5 Å². The normalized spacial score (nSPS) is 12.2. The van der Waals surface area contributed by atoms with Crippen LogP contribution in [0.4, 0.5) is 22.7 Å². The quantitative estimate of drug-likeness (QED) is 0.0743. The van der Waals surface area contributed by atoms with Crippen LogP contribution in [0.5, 0.6) is 5.75 Å². The van der Waals surface area contributed by atoms with Crippen molar-refractivity contribution in [1.29, 1.82) is 0 Å². The van der Waals surface area contributed by atoms with Crippen molar-refractivity contribution in [2.45, 2.75) is 9.79 Å². The topological polar surface area (TPSA) is 163 Å². The molecule has 0 saturated heterocycles. The van der Waals surface area contributed by atoms with Crippen LogP contribution in [0.25, 0.3) is 10.8 Å². The van der Waals surface area contributed by atoms with Crippen molar-refractivity contribution in [1.82, 2.24) is 0 Å². The summed E-state index contributed by atoms with van der Waals surface area (Å²) in [5, 5.41) is 39.9. The minimum atomic E-state index is -4.46. The maximum atomic E-state index is 11.4. The highest BCUT2D eigenvalue weighted by molar-refractivity contribution is 7.94. The van der Waals surface area contributed by atoms with Gasteiger partial charge in [0.1, 0.15) is 5.69 Å². The van der Waals surface area contributed by atoms with Crippen LogP contribution in [-0.4, -0.2) is 23.3 Å². The Kier molecular flexibility index (Phi) is 7.45. The summed E-state index contributed by atoms with van der Waals surface area (Å²) in [5.41, 5.74) is 1.73. The second kappa shape index (κ2) is 10.7. The standard InChI is InChI=1S/C22H16N4O7S2/c27-22-19-11-10-18(35(29,30)31)12-14(19)13-20(34-33-32-28)21(22)26-25-17-8-6-16(7-9-17)24-23-15-4-2-1-3-5-15/h1-13,27-28H,(H,29,30,31). The first-order chi connectivity index (χ1) is 16.8. The first-order valence-electron chi connectivity index (χ1n) is 9.76. The zero-order chi connectivity index (χ0) is 24.8. The van der Waals surface area contributed by atoms with Crippen LogP contribution in [0.15, 0.2) is 109 Å². The van der Waals surface area contributed by atoms with Crippen molar-refractivity contribution in [3.63, 3.8) is 0 Å². The van der Waals surface area contributed by atoms with Crippen molar-refractivity contribution < 1.29 is 32.7 Å². The average molecular weight is 513 g/mol. The second-order valence-electron chi connectivity index (χ2n) is 6.91. The molecule has 4 aromatic rings. The van der Waals surface area contributed by atoms with Gasteiger partial charge < -0.3 is 5.11 Å². The fraction of sp³-hybridized carbons (Fsp3) is 0. The van der Waals surface area contributed by atoms with E-state index in [0.29, 0.717) is 29.1 Å². The van der Waals surface area contributed by atoms with Gasteiger partial charge in [-0.2, -0.15) is 23.8 Å². The van der Waals surface area contributed by atoms with Gasteiger partial charge in [0.2, 0.25) is 0 Å². The van der Waals surface area contributed by atoms with Gasteiger partial charge in [0, 0.05) is 5.39 Å². The summed E-state index contributed by atoms with van der Waals surface area (Å²) >= 11 is 0.506. The molecule has 0 aliphatic rings. The molecule has 0 saturated carbocycles. The van der Waals surface area contributed by atoms with Crippen molar-refractivity contribution in [2.75, 3.05) is 0 Å². The highest BCUT2D eigenvalue weighted by Gasteiger charge is 2.17. The van der Waals surface area contributed by atoms with Gasteiger partial charge in [0.15, 0.2) is 5.75 Å². The molecule has 4 rings (SSSR count). The zero-order valence-electron chi connectivity index (χ0n) is 17.6. The van der Waals surface area contributed by atoms with Crippen LogP contribution in [0.3, 0.4) is 0 Å². The van der Waals surface area contributed by atoms with Gasteiger partial charge in [0.25, 0.3) is 10.1 Å². The van der Waals surface area contributed by atoms with E-state index in [-0.39, 0.29) is 32.0 Å². The monoisotopic (exact) mass is 512 g/mol. The highest BCUT2D eigenvalue weighted by Crippen LogP contribution is 2.44. The SMILES string of the molecule is O=S(=O)(O)c1ccc2c(O)c(N=Nc3ccc(N=Nc4ccccc4)cc3)c(SOOO)cc2c1.